The molecule has 8 heteroatoms. The second-order valence-corrected chi connectivity index (χ2v) is 6.30. The van der Waals surface area contributed by atoms with Gasteiger partial charge in [-0.1, -0.05) is 23.7 Å². The van der Waals surface area contributed by atoms with Crippen molar-refractivity contribution in [2.75, 3.05) is 13.7 Å². The van der Waals surface area contributed by atoms with E-state index in [1.807, 2.05) is 18.2 Å². The molecule has 2 heterocycles. The van der Waals surface area contributed by atoms with E-state index >= 15 is 0 Å². The zero-order valence-electron chi connectivity index (χ0n) is 14.0. The number of amides is 2. The number of urea groups is 1. The molecule has 2 aromatic rings. The standard InChI is InChI=1S/C17H19ClN4O3/c1-10(16(23)25-2)21-17(24)22-7-6-13-14(20-9-19-13)15(22)11-4-3-5-12(18)8-11/h3-5,8-10,15H,6-7H2,1-2H3,(H,19,20)(H,21,24)/t10-,15-/m1/s1. The molecule has 0 spiro atoms. The minimum Gasteiger partial charge on any atom is -0.467 e. The Morgan fingerprint density at radius 3 is 3.00 bits per heavy atom. The first-order valence-corrected chi connectivity index (χ1v) is 8.31. The lowest BCUT2D eigenvalue weighted by Crippen LogP contribution is -2.50. The normalized spacial score (nSPS) is 17.6. The van der Waals surface area contributed by atoms with E-state index in [9.17, 15) is 9.59 Å². The number of H-pyrrole nitrogens is 1. The lowest BCUT2D eigenvalue weighted by atomic mass is 9.96. The van der Waals surface area contributed by atoms with E-state index in [1.165, 1.54) is 7.11 Å². The first-order chi connectivity index (χ1) is 12.0. The van der Waals surface area contributed by atoms with Gasteiger partial charge in [-0.3, -0.25) is 0 Å². The summed E-state index contributed by atoms with van der Waals surface area (Å²) in [5.41, 5.74) is 2.64. The number of hydrogen-bond acceptors (Lipinski definition) is 4. The zero-order chi connectivity index (χ0) is 18.0. The number of fused-ring (bicyclic) bond motifs is 1. The van der Waals surface area contributed by atoms with Crippen LogP contribution in [0.15, 0.2) is 30.6 Å². The molecule has 1 aromatic carbocycles. The van der Waals surface area contributed by atoms with Crippen LogP contribution in [-0.4, -0.2) is 46.6 Å². The van der Waals surface area contributed by atoms with Crippen LogP contribution in [0.1, 0.15) is 29.9 Å². The fraction of sp³-hybridized carbons (Fsp3) is 0.353. The van der Waals surface area contributed by atoms with Crippen LogP contribution in [0, 0.1) is 0 Å². The predicted molar refractivity (Wildman–Crippen MR) is 92.3 cm³/mol. The van der Waals surface area contributed by atoms with Gasteiger partial charge in [-0.25, -0.2) is 14.6 Å². The quantitative estimate of drug-likeness (QED) is 0.820. The maximum Gasteiger partial charge on any atom is 0.328 e. The summed E-state index contributed by atoms with van der Waals surface area (Å²) in [4.78, 5) is 33.5. The van der Waals surface area contributed by atoms with Gasteiger partial charge in [0.2, 0.25) is 0 Å². The van der Waals surface area contributed by atoms with Crippen LogP contribution < -0.4 is 5.32 Å². The molecule has 1 aliphatic rings. The van der Waals surface area contributed by atoms with Gasteiger partial charge in [0, 0.05) is 23.7 Å². The summed E-state index contributed by atoms with van der Waals surface area (Å²) in [6.45, 7) is 2.08. The van der Waals surface area contributed by atoms with E-state index in [0.717, 1.165) is 17.0 Å². The van der Waals surface area contributed by atoms with Crippen LogP contribution in [0.2, 0.25) is 5.02 Å². The van der Waals surface area contributed by atoms with Crippen molar-refractivity contribution < 1.29 is 14.3 Å². The van der Waals surface area contributed by atoms with Crippen LogP contribution in [0.4, 0.5) is 4.79 Å². The second-order valence-electron chi connectivity index (χ2n) is 5.86. The van der Waals surface area contributed by atoms with Gasteiger partial charge in [0.05, 0.1) is 19.1 Å². The number of nitrogens with zero attached hydrogens (tertiary/aromatic N) is 2. The van der Waals surface area contributed by atoms with Gasteiger partial charge in [0.25, 0.3) is 0 Å². The lowest BCUT2D eigenvalue weighted by molar-refractivity contribution is -0.142. The van der Waals surface area contributed by atoms with Crippen molar-refractivity contribution in [3.8, 4) is 0 Å². The van der Waals surface area contributed by atoms with Crippen molar-refractivity contribution >= 4 is 23.6 Å². The number of esters is 1. The molecular formula is C17H19ClN4O3. The van der Waals surface area contributed by atoms with Crippen LogP contribution in [-0.2, 0) is 16.0 Å². The Bertz CT molecular complexity index is 792. The van der Waals surface area contributed by atoms with Crippen LogP contribution in [0.25, 0.3) is 0 Å². The van der Waals surface area contributed by atoms with Gasteiger partial charge < -0.3 is 19.9 Å². The summed E-state index contributed by atoms with van der Waals surface area (Å²) in [6, 6.07) is 5.88. The average molecular weight is 363 g/mol. The monoisotopic (exact) mass is 362 g/mol. The Morgan fingerprint density at radius 2 is 2.28 bits per heavy atom. The molecule has 25 heavy (non-hydrogen) atoms. The number of carbonyl (C=O) groups excluding carboxylic acids is 2. The molecule has 132 valence electrons. The molecule has 1 aromatic heterocycles. The lowest BCUT2D eigenvalue weighted by Gasteiger charge is -2.35. The molecule has 0 fully saturated rings. The van der Waals surface area contributed by atoms with Crippen molar-refractivity contribution in [1.29, 1.82) is 0 Å². The van der Waals surface area contributed by atoms with E-state index in [2.05, 4.69) is 20.0 Å². The number of ether oxygens (including phenoxy) is 1. The van der Waals surface area contributed by atoms with E-state index < -0.39 is 12.0 Å². The van der Waals surface area contributed by atoms with E-state index in [-0.39, 0.29) is 12.1 Å². The third-order valence-electron chi connectivity index (χ3n) is 4.24. The van der Waals surface area contributed by atoms with Gasteiger partial charge in [-0.15, -0.1) is 0 Å². The maximum atomic E-state index is 12.8. The highest BCUT2D eigenvalue weighted by Crippen LogP contribution is 2.34. The highest BCUT2D eigenvalue weighted by atomic mass is 35.5. The number of aromatic nitrogens is 2. The Balaban J connectivity index is 1.92. The van der Waals surface area contributed by atoms with E-state index in [1.54, 1.807) is 24.2 Å². The van der Waals surface area contributed by atoms with Gasteiger partial charge in [0.15, 0.2) is 0 Å². The molecule has 0 aliphatic carbocycles. The van der Waals surface area contributed by atoms with Gasteiger partial charge >= 0.3 is 12.0 Å². The summed E-state index contributed by atoms with van der Waals surface area (Å²) in [6.07, 6.45) is 2.28. The van der Waals surface area contributed by atoms with Gasteiger partial charge in [-0.05, 0) is 24.6 Å². The SMILES string of the molecule is COC(=O)[C@@H](C)NC(=O)N1CCc2[nH]cnc2[C@H]1c1cccc(Cl)c1. The third kappa shape index (κ3) is 3.46. The number of halogens is 1. The molecule has 0 saturated carbocycles. The van der Waals surface area contributed by atoms with Gasteiger partial charge in [-0.2, -0.15) is 0 Å². The molecule has 7 nitrogen and oxygen atoms in total. The Morgan fingerprint density at radius 1 is 1.48 bits per heavy atom. The molecule has 1 aliphatic heterocycles. The van der Waals surface area contributed by atoms with Crippen LogP contribution in [0.3, 0.4) is 0 Å². The van der Waals surface area contributed by atoms with E-state index in [4.69, 9.17) is 11.6 Å². The number of rotatable bonds is 3. The Hall–Kier alpha value is -2.54. The molecule has 2 N–H and O–H groups in total. The first-order valence-electron chi connectivity index (χ1n) is 7.94. The number of imidazole rings is 1. The predicted octanol–water partition coefficient (Wildman–Crippen LogP) is 2.28. The maximum absolute atomic E-state index is 12.8. The molecule has 3 rings (SSSR count). The smallest absolute Gasteiger partial charge is 0.328 e. The third-order valence-corrected chi connectivity index (χ3v) is 4.48. The molecule has 0 saturated heterocycles. The summed E-state index contributed by atoms with van der Waals surface area (Å²) in [5.74, 6) is -0.495. The van der Waals surface area contributed by atoms with E-state index in [0.29, 0.717) is 18.0 Å². The second kappa shape index (κ2) is 7.14. The minimum absolute atomic E-state index is 0.350. The summed E-state index contributed by atoms with van der Waals surface area (Å²) >= 11 is 6.13. The van der Waals surface area contributed by atoms with Crippen molar-refractivity contribution in [2.45, 2.75) is 25.4 Å². The average Bonchev–Trinajstić information content (AvgIpc) is 3.08. The molecule has 0 radical (unpaired) electrons. The molecular weight excluding hydrogens is 344 g/mol. The van der Waals surface area contributed by atoms with Crippen LogP contribution in [0.5, 0.6) is 0 Å². The van der Waals surface area contributed by atoms with Crippen LogP contribution >= 0.6 is 11.6 Å². The van der Waals surface area contributed by atoms with Crippen molar-refractivity contribution in [2.24, 2.45) is 0 Å². The Labute approximate surface area is 150 Å². The van der Waals surface area contributed by atoms with Crippen molar-refractivity contribution in [1.82, 2.24) is 20.2 Å². The Kier molecular flexibility index (Phi) is 4.94. The fourth-order valence-corrected chi connectivity index (χ4v) is 3.21. The number of hydrogen-bond donors (Lipinski definition) is 2. The molecule has 2 amide bonds. The number of benzene rings is 1. The molecule has 2 atom stereocenters. The summed E-state index contributed by atoms with van der Waals surface area (Å²) in [7, 11) is 1.29. The summed E-state index contributed by atoms with van der Waals surface area (Å²) < 4.78 is 4.66. The zero-order valence-corrected chi connectivity index (χ0v) is 14.7. The van der Waals surface area contributed by atoms with Crippen molar-refractivity contribution in [3.05, 3.63) is 52.6 Å². The molecule has 0 bridgehead atoms. The van der Waals surface area contributed by atoms with Gasteiger partial charge in [0.1, 0.15) is 12.1 Å². The minimum atomic E-state index is -0.738. The molecule has 0 unspecified atom stereocenters. The first kappa shape index (κ1) is 17.3. The fourth-order valence-electron chi connectivity index (χ4n) is 3.01. The van der Waals surface area contributed by atoms with Crippen molar-refractivity contribution in [3.63, 3.8) is 0 Å². The number of methoxy groups -OCH3 is 1. The highest BCUT2D eigenvalue weighted by Gasteiger charge is 2.35. The number of aromatic amines is 1. The topological polar surface area (TPSA) is 87.3 Å². The summed E-state index contributed by atoms with van der Waals surface area (Å²) in [5, 5.41) is 3.27. The number of carbonyl (C=O) groups is 2. The largest absolute Gasteiger partial charge is 0.467 e. The number of nitrogens with one attached hydrogen (secondary N) is 2. The highest BCUT2D eigenvalue weighted by molar-refractivity contribution is 6.30.